The molecule has 6 heteroatoms. The maximum atomic E-state index is 8.97. The fraction of sp³-hybridized carbons (Fsp3) is 0.0556. The van der Waals surface area contributed by atoms with Gasteiger partial charge in [-0.1, -0.05) is 17.7 Å². The molecular formula is C18H14ClN5. The monoisotopic (exact) mass is 335 g/mol. The number of nitriles is 1. The minimum absolute atomic E-state index is 0.460. The van der Waals surface area contributed by atoms with E-state index >= 15 is 0 Å². The number of aromatic nitrogens is 2. The third-order valence-corrected chi connectivity index (χ3v) is 3.47. The van der Waals surface area contributed by atoms with Crippen molar-refractivity contribution in [2.75, 3.05) is 10.6 Å². The molecule has 0 unspecified atom stereocenters. The molecule has 0 bridgehead atoms. The van der Waals surface area contributed by atoms with Gasteiger partial charge in [0.1, 0.15) is 5.82 Å². The summed E-state index contributed by atoms with van der Waals surface area (Å²) >= 11 is 5.89. The van der Waals surface area contributed by atoms with Crippen molar-refractivity contribution < 1.29 is 0 Å². The van der Waals surface area contributed by atoms with Crippen LogP contribution in [0.25, 0.3) is 0 Å². The highest BCUT2D eigenvalue weighted by Gasteiger charge is 2.04. The van der Waals surface area contributed by atoms with E-state index in [9.17, 15) is 0 Å². The molecule has 1 aromatic heterocycles. The number of halogens is 1. The van der Waals surface area contributed by atoms with E-state index in [1.807, 2.05) is 49.4 Å². The molecule has 0 aliphatic rings. The van der Waals surface area contributed by atoms with E-state index in [0.717, 1.165) is 17.1 Å². The minimum atomic E-state index is 0.460. The van der Waals surface area contributed by atoms with E-state index in [0.29, 0.717) is 22.4 Å². The second-order valence-corrected chi connectivity index (χ2v) is 5.60. The van der Waals surface area contributed by atoms with E-state index in [-0.39, 0.29) is 0 Å². The van der Waals surface area contributed by atoms with Crippen LogP contribution in [0.5, 0.6) is 0 Å². The first-order chi connectivity index (χ1) is 11.6. The molecule has 0 radical (unpaired) electrons. The Labute approximate surface area is 145 Å². The van der Waals surface area contributed by atoms with Gasteiger partial charge in [0.25, 0.3) is 0 Å². The highest BCUT2D eigenvalue weighted by atomic mass is 35.5. The van der Waals surface area contributed by atoms with Crippen LogP contribution in [0.1, 0.15) is 11.3 Å². The molecule has 0 amide bonds. The molecule has 0 fully saturated rings. The van der Waals surface area contributed by atoms with Crippen LogP contribution in [-0.2, 0) is 0 Å². The smallest absolute Gasteiger partial charge is 0.229 e. The van der Waals surface area contributed by atoms with Crippen LogP contribution < -0.4 is 10.6 Å². The lowest BCUT2D eigenvalue weighted by Crippen LogP contribution is -2.02. The third kappa shape index (κ3) is 4.00. The highest BCUT2D eigenvalue weighted by molar-refractivity contribution is 6.30. The quantitative estimate of drug-likeness (QED) is 0.716. The number of nitrogens with zero attached hydrogens (tertiary/aromatic N) is 3. The molecule has 1 heterocycles. The summed E-state index contributed by atoms with van der Waals surface area (Å²) in [6.45, 7) is 1.89. The zero-order valence-corrected chi connectivity index (χ0v) is 13.7. The lowest BCUT2D eigenvalue weighted by atomic mass is 10.2. The molecule has 0 spiro atoms. The topological polar surface area (TPSA) is 73.6 Å². The average molecular weight is 336 g/mol. The van der Waals surface area contributed by atoms with Crippen LogP contribution in [0.15, 0.2) is 54.6 Å². The number of hydrogen-bond acceptors (Lipinski definition) is 5. The molecule has 2 aromatic carbocycles. The van der Waals surface area contributed by atoms with E-state index in [1.54, 1.807) is 12.1 Å². The molecule has 5 nitrogen and oxygen atoms in total. The van der Waals surface area contributed by atoms with Crippen molar-refractivity contribution in [3.8, 4) is 6.07 Å². The summed E-state index contributed by atoms with van der Waals surface area (Å²) in [5, 5.41) is 16.0. The van der Waals surface area contributed by atoms with Crippen molar-refractivity contribution in [1.29, 1.82) is 5.26 Å². The number of rotatable bonds is 4. The average Bonchev–Trinajstić information content (AvgIpc) is 2.56. The lowest BCUT2D eigenvalue weighted by molar-refractivity contribution is 1.11. The van der Waals surface area contributed by atoms with E-state index in [4.69, 9.17) is 16.9 Å². The molecule has 0 aliphatic heterocycles. The van der Waals surface area contributed by atoms with Crippen molar-refractivity contribution in [2.45, 2.75) is 6.92 Å². The Kier molecular flexibility index (Phi) is 4.59. The van der Waals surface area contributed by atoms with Crippen LogP contribution in [0.4, 0.5) is 23.1 Å². The van der Waals surface area contributed by atoms with Gasteiger partial charge < -0.3 is 10.6 Å². The standard InChI is InChI=1S/C18H14ClN5/c1-12-9-17(22-15-7-5-14(19)6-8-15)24-18(21-12)23-16-4-2-3-13(10-16)11-20/h2-10H,1H3,(H2,21,22,23,24). The van der Waals surface area contributed by atoms with Gasteiger partial charge in [0.2, 0.25) is 5.95 Å². The number of benzene rings is 2. The molecule has 2 N–H and O–H groups in total. The number of hydrogen-bond donors (Lipinski definition) is 2. The van der Waals surface area contributed by atoms with Crippen molar-refractivity contribution >= 4 is 34.7 Å². The molecule has 0 aliphatic carbocycles. The van der Waals surface area contributed by atoms with Crippen molar-refractivity contribution in [1.82, 2.24) is 9.97 Å². The van der Waals surface area contributed by atoms with Crippen molar-refractivity contribution in [3.05, 3.63) is 70.9 Å². The number of anilines is 4. The molecule has 0 saturated heterocycles. The summed E-state index contributed by atoms with van der Waals surface area (Å²) in [4.78, 5) is 8.83. The first kappa shape index (κ1) is 15.8. The van der Waals surface area contributed by atoms with Gasteiger partial charge in [-0.15, -0.1) is 0 Å². The Morgan fingerprint density at radius 2 is 1.75 bits per heavy atom. The predicted octanol–water partition coefficient (Wildman–Crippen LogP) is 4.80. The van der Waals surface area contributed by atoms with Crippen molar-refractivity contribution in [2.24, 2.45) is 0 Å². The van der Waals surface area contributed by atoms with E-state index in [1.165, 1.54) is 0 Å². The van der Waals surface area contributed by atoms with Gasteiger partial charge in [0, 0.05) is 28.2 Å². The molecule has 3 rings (SSSR count). The van der Waals surface area contributed by atoms with Crippen molar-refractivity contribution in [3.63, 3.8) is 0 Å². The van der Waals surface area contributed by atoms with Crippen LogP contribution >= 0.6 is 11.6 Å². The molecule has 0 saturated carbocycles. The Bertz CT molecular complexity index is 900. The number of nitrogens with one attached hydrogen (secondary N) is 2. The second kappa shape index (κ2) is 6.99. The first-order valence-corrected chi connectivity index (χ1v) is 7.66. The summed E-state index contributed by atoms with van der Waals surface area (Å²) in [6, 6.07) is 18.5. The normalized spacial score (nSPS) is 10.0. The highest BCUT2D eigenvalue weighted by Crippen LogP contribution is 2.21. The molecule has 3 aromatic rings. The van der Waals surface area contributed by atoms with Gasteiger partial charge in [0.15, 0.2) is 0 Å². The van der Waals surface area contributed by atoms with E-state index < -0.39 is 0 Å². The fourth-order valence-corrected chi connectivity index (χ4v) is 2.29. The van der Waals surface area contributed by atoms with Gasteiger partial charge in [-0.25, -0.2) is 4.98 Å². The van der Waals surface area contributed by atoms with Gasteiger partial charge in [0.05, 0.1) is 11.6 Å². The Morgan fingerprint density at radius 3 is 2.50 bits per heavy atom. The fourth-order valence-electron chi connectivity index (χ4n) is 2.17. The van der Waals surface area contributed by atoms with Gasteiger partial charge in [-0.2, -0.15) is 10.2 Å². The minimum Gasteiger partial charge on any atom is -0.340 e. The molecule has 24 heavy (non-hydrogen) atoms. The Balaban J connectivity index is 1.83. The molecule has 0 atom stereocenters. The van der Waals surface area contributed by atoms with Gasteiger partial charge >= 0.3 is 0 Å². The van der Waals surface area contributed by atoms with E-state index in [2.05, 4.69) is 26.7 Å². The summed E-state index contributed by atoms with van der Waals surface area (Å²) in [5.41, 5.74) is 3.04. The van der Waals surface area contributed by atoms with Crippen LogP contribution in [0.3, 0.4) is 0 Å². The third-order valence-electron chi connectivity index (χ3n) is 3.22. The van der Waals surface area contributed by atoms with Crippen LogP contribution in [-0.4, -0.2) is 9.97 Å². The maximum Gasteiger partial charge on any atom is 0.229 e. The summed E-state index contributed by atoms with van der Waals surface area (Å²) in [6.07, 6.45) is 0. The number of aryl methyl sites for hydroxylation is 1. The summed E-state index contributed by atoms with van der Waals surface area (Å²) in [5.74, 6) is 1.13. The Hall–Kier alpha value is -3.10. The molecular weight excluding hydrogens is 322 g/mol. The maximum absolute atomic E-state index is 8.97. The van der Waals surface area contributed by atoms with Gasteiger partial charge in [-0.3, -0.25) is 0 Å². The lowest BCUT2D eigenvalue weighted by Gasteiger charge is -2.10. The van der Waals surface area contributed by atoms with Gasteiger partial charge in [-0.05, 0) is 49.4 Å². The molecule has 118 valence electrons. The largest absolute Gasteiger partial charge is 0.340 e. The SMILES string of the molecule is Cc1cc(Nc2ccc(Cl)cc2)nc(Nc2cccc(C#N)c2)n1. The first-order valence-electron chi connectivity index (χ1n) is 7.28. The predicted molar refractivity (Wildman–Crippen MR) is 95.9 cm³/mol. The summed E-state index contributed by atoms with van der Waals surface area (Å²) < 4.78 is 0. The second-order valence-electron chi connectivity index (χ2n) is 5.17. The zero-order valence-electron chi connectivity index (χ0n) is 12.9. The Morgan fingerprint density at radius 1 is 0.958 bits per heavy atom. The zero-order chi connectivity index (χ0) is 16.9. The van der Waals surface area contributed by atoms with Crippen LogP contribution in [0, 0.1) is 18.3 Å². The summed E-state index contributed by atoms with van der Waals surface area (Å²) in [7, 11) is 0. The van der Waals surface area contributed by atoms with Crippen LogP contribution in [0.2, 0.25) is 5.02 Å².